The second-order valence-corrected chi connectivity index (χ2v) is 3.25. The zero-order valence-electron chi connectivity index (χ0n) is 6.91. The molecule has 1 heterocycles. The van der Waals surface area contributed by atoms with E-state index in [2.05, 4.69) is 30.4 Å². The Hall–Kier alpha value is -1.05. The van der Waals surface area contributed by atoms with Crippen molar-refractivity contribution in [1.82, 2.24) is 9.78 Å². The highest BCUT2D eigenvalue weighted by Crippen LogP contribution is 2.20. The molecule has 1 unspecified atom stereocenters. The molecule has 0 aliphatic heterocycles. The van der Waals surface area contributed by atoms with Gasteiger partial charge in [0.1, 0.15) is 0 Å². The third-order valence-corrected chi connectivity index (χ3v) is 2.06. The van der Waals surface area contributed by atoms with Crippen LogP contribution in [0.4, 0.5) is 0 Å². The summed E-state index contributed by atoms with van der Waals surface area (Å²) in [5.41, 5.74) is 2.52. The molecule has 1 aromatic rings. The van der Waals surface area contributed by atoms with E-state index < -0.39 is 0 Å². The normalized spacial score (nSPS) is 21.8. The lowest BCUT2D eigenvalue weighted by atomic mass is 9.96. The molecule has 1 atom stereocenters. The van der Waals surface area contributed by atoms with Gasteiger partial charge in [-0.1, -0.05) is 13.0 Å². The van der Waals surface area contributed by atoms with Gasteiger partial charge in [-0.3, -0.25) is 4.68 Å². The first-order chi connectivity index (χ1) is 5.25. The molecular weight excluding hydrogens is 136 g/mol. The molecule has 0 radical (unpaired) electrons. The van der Waals surface area contributed by atoms with Crippen LogP contribution in [-0.4, -0.2) is 9.78 Å². The van der Waals surface area contributed by atoms with Crippen molar-refractivity contribution in [3.05, 3.63) is 23.5 Å². The van der Waals surface area contributed by atoms with Crippen molar-refractivity contribution in [3.63, 3.8) is 0 Å². The maximum absolute atomic E-state index is 4.32. The first kappa shape index (κ1) is 6.65. The van der Waals surface area contributed by atoms with E-state index in [1.54, 1.807) is 0 Å². The Labute approximate surface area is 66.5 Å². The van der Waals surface area contributed by atoms with Crippen molar-refractivity contribution < 1.29 is 0 Å². The van der Waals surface area contributed by atoms with Crippen LogP contribution in [0.3, 0.4) is 0 Å². The SMILES string of the molecule is CC1C=Cc2nn(C)cc2C1. The van der Waals surface area contributed by atoms with Gasteiger partial charge in [0, 0.05) is 13.2 Å². The number of fused-ring (bicyclic) bond motifs is 1. The Balaban J connectivity index is 2.44. The van der Waals surface area contributed by atoms with Gasteiger partial charge in [0.05, 0.1) is 5.69 Å². The highest BCUT2D eigenvalue weighted by Gasteiger charge is 2.11. The Morgan fingerprint density at radius 1 is 1.64 bits per heavy atom. The molecule has 0 saturated heterocycles. The molecule has 1 aliphatic rings. The third kappa shape index (κ3) is 1.09. The van der Waals surface area contributed by atoms with Crippen molar-refractivity contribution in [2.24, 2.45) is 13.0 Å². The van der Waals surface area contributed by atoms with Gasteiger partial charge in [-0.2, -0.15) is 5.10 Å². The number of hydrogen-bond acceptors (Lipinski definition) is 1. The van der Waals surface area contributed by atoms with Crippen LogP contribution < -0.4 is 0 Å². The van der Waals surface area contributed by atoms with Gasteiger partial charge in [0.2, 0.25) is 0 Å². The number of allylic oxidation sites excluding steroid dienone is 1. The molecule has 0 fully saturated rings. The van der Waals surface area contributed by atoms with Gasteiger partial charge < -0.3 is 0 Å². The fourth-order valence-electron chi connectivity index (χ4n) is 1.52. The van der Waals surface area contributed by atoms with Crippen molar-refractivity contribution in [2.75, 3.05) is 0 Å². The second-order valence-electron chi connectivity index (χ2n) is 3.25. The minimum Gasteiger partial charge on any atom is -0.275 e. The Morgan fingerprint density at radius 3 is 3.27 bits per heavy atom. The lowest BCUT2D eigenvalue weighted by molar-refractivity contribution is 0.717. The Kier molecular flexibility index (Phi) is 1.34. The lowest BCUT2D eigenvalue weighted by Gasteiger charge is -2.08. The van der Waals surface area contributed by atoms with Gasteiger partial charge in [-0.25, -0.2) is 0 Å². The van der Waals surface area contributed by atoms with Crippen LogP contribution in [0, 0.1) is 5.92 Å². The highest BCUT2D eigenvalue weighted by atomic mass is 15.2. The molecule has 0 amide bonds. The summed E-state index contributed by atoms with van der Waals surface area (Å²) in [6.07, 6.45) is 7.58. The van der Waals surface area contributed by atoms with Crippen LogP contribution in [-0.2, 0) is 13.5 Å². The zero-order valence-corrected chi connectivity index (χ0v) is 6.91. The minimum absolute atomic E-state index is 0.673. The van der Waals surface area contributed by atoms with Crippen LogP contribution in [0.25, 0.3) is 6.08 Å². The van der Waals surface area contributed by atoms with E-state index in [1.165, 1.54) is 5.56 Å². The van der Waals surface area contributed by atoms with E-state index in [9.17, 15) is 0 Å². The maximum atomic E-state index is 4.32. The monoisotopic (exact) mass is 148 g/mol. The smallest absolute Gasteiger partial charge is 0.0879 e. The molecular formula is C9H12N2. The summed E-state index contributed by atoms with van der Waals surface area (Å²) in [4.78, 5) is 0. The Bertz CT molecular complexity index is 297. The number of aryl methyl sites for hydroxylation is 1. The van der Waals surface area contributed by atoms with E-state index in [-0.39, 0.29) is 0 Å². The van der Waals surface area contributed by atoms with Gasteiger partial charge >= 0.3 is 0 Å². The standard InChI is InChI=1S/C9H12N2/c1-7-3-4-9-8(5-7)6-11(2)10-9/h3-4,6-7H,5H2,1-2H3. The average Bonchev–Trinajstić information content (AvgIpc) is 2.27. The van der Waals surface area contributed by atoms with Crippen LogP contribution >= 0.6 is 0 Å². The first-order valence-corrected chi connectivity index (χ1v) is 3.96. The molecule has 1 aromatic heterocycles. The van der Waals surface area contributed by atoms with Gasteiger partial charge in [-0.15, -0.1) is 0 Å². The number of hydrogen-bond donors (Lipinski definition) is 0. The van der Waals surface area contributed by atoms with Gasteiger partial charge in [-0.05, 0) is 24.0 Å². The Morgan fingerprint density at radius 2 is 2.45 bits per heavy atom. The van der Waals surface area contributed by atoms with Crippen LogP contribution in [0.15, 0.2) is 12.3 Å². The number of aromatic nitrogens is 2. The minimum atomic E-state index is 0.673. The molecule has 2 nitrogen and oxygen atoms in total. The van der Waals surface area contributed by atoms with E-state index in [0.717, 1.165) is 12.1 Å². The van der Waals surface area contributed by atoms with Crippen molar-refractivity contribution in [2.45, 2.75) is 13.3 Å². The first-order valence-electron chi connectivity index (χ1n) is 3.96. The fraction of sp³-hybridized carbons (Fsp3) is 0.444. The molecule has 1 aliphatic carbocycles. The summed E-state index contributed by atoms with van der Waals surface area (Å²) in [5, 5.41) is 4.32. The van der Waals surface area contributed by atoms with E-state index in [4.69, 9.17) is 0 Å². The predicted molar refractivity (Wildman–Crippen MR) is 45.1 cm³/mol. The summed E-state index contributed by atoms with van der Waals surface area (Å²) in [5.74, 6) is 0.673. The van der Waals surface area contributed by atoms with Crippen LogP contribution in [0.2, 0.25) is 0 Å². The van der Waals surface area contributed by atoms with E-state index in [1.807, 2.05) is 11.7 Å². The summed E-state index contributed by atoms with van der Waals surface area (Å²) in [6.45, 7) is 2.23. The predicted octanol–water partition coefficient (Wildman–Crippen LogP) is 1.63. The summed E-state index contributed by atoms with van der Waals surface area (Å²) in [6, 6.07) is 0. The molecule has 2 rings (SSSR count). The topological polar surface area (TPSA) is 17.8 Å². The fourth-order valence-corrected chi connectivity index (χ4v) is 1.52. The van der Waals surface area contributed by atoms with E-state index >= 15 is 0 Å². The molecule has 58 valence electrons. The summed E-state index contributed by atoms with van der Waals surface area (Å²) in [7, 11) is 1.97. The molecule has 0 aromatic carbocycles. The second kappa shape index (κ2) is 2.22. The van der Waals surface area contributed by atoms with Crippen LogP contribution in [0.5, 0.6) is 0 Å². The molecule has 0 spiro atoms. The molecule has 0 saturated carbocycles. The zero-order chi connectivity index (χ0) is 7.84. The molecule has 11 heavy (non-hydrogen) atoms. The van der Waals surface area contributed by atoms with Gasteiger partial charge in [0.25, 0.3) is 0 Å². The van der Waals surface area contributed by atoms with Crippen molar-refractivity contribution >= 4 is 6.08 Å². The van der Waals surface area contributed by atoms with Gasteiger partial charge in [0.15, 0.2) is 0 Å². The third-order valence-electron chi connectivity index (χ3n) is 2.06. The molecule has 0 bridgehead atoms. The average molecular weight is 148 g/mol. The molecule has 2 heteroatoms. The number of rotatable bonds is 0. The van der Waals surface area contributed by atoms with Crippen LogP contribution in [0.1, 0.15) is 18.2 Å². The highest BCUT2D eigenvalue weighted by molar-refractivity contribution is 5.51. The largest absolute Gasteiger partial charge is 0.275 e. The van der Waals surface area contributed by atoms with Crippen molar-refractivity contribution in [1.29, 1.82) is 0 Å². The summed E-state index contributed by atoms with van der Waals surface area (Å²) < 4.78 is 1.88. The van der Waals surface area contributed by atoms with Crippen molar-refractivity contribution in [3.8, 4) is 0 Å². The van der Waals surface area contributed by atoms with E-state index in [0.29, 0.717) is 5.92 Å². The molecule has 0 N–H and O–H groups in total. The number of nitrogens with zero attached hydrogens (tertiary/aromatic N) is 2. The summed E-state index contributed by atoms with van der Waals surface area (Å²) >= 11 is 0. The lowest BCUT2D eigenvalue weighted by Crippen LogP contribution is -2.00. The quantitative estimate of drug-likeness (QED) is 0.546. The maximum Gasteiger partial charge on any atom is 0.0879 e.